The molecule has 0 fully saturated rings. The lowest BCUT2D eigenvalue weighted by atomic mass is 10.1. The van der Waals surface area contributed by atoms with E-state index in [0.29, 0.717) is 10.7 Å². The van der Waals surface area contributed by atoms with E-state index in [1.54, 1.807) is 0 Å². The maximum atomic E-state index is 12.0. The van der Waals surface area contributed by atoms with Crippen LogP contribution in [0.1, 0.15) is 5.56 Å². The van der Waals surface area contributed by atoms with Gasteiger partial charge in [0.2, 0.25) is 5.91 Å². The van der Waals surface area contributed by atoms with Crippen molar-refractivity contribution in [3.05, 3.63) is 59.1 Å². The van der Waals surface area contributed by atoms with E-state index in [9.17, 15) is 13.2 Å². The third-order valence-corrected chi connectivity index (χ3v) is 4.29. The summed E-state index contributed by atoms with van der Waals surface area (Å²) >= 11 is 5.98. The molecule has 1 amide bonds. The van der Waals surface area contributed by atoms with Gasteiger partial charge in [0.25, 0.3) is 0 Å². The summed E-state index contributed by atoms with van der Waals surface area (Å²) in [5.74, 6) is -0.256. The molecule has 0 aliphatic carbocycles. The Hall–Kier alpha value is -1.85. The first-order chi connectivity index (χ1) is 9.86. The Morgan fingerprint density at radius 3 is 2.43 bits per heavy atom. The monoisotopic (exact) mass is 323 g/mol. The van der Waals surface area contributed by atoms with Gasteiger partial charge in [0, 0.05) is 6.26 Å². The van der Waals surface area contributed by atoms with Gasteiger partial charge >= 0.3 is 0 Å². The predicted octanol–water partition coefficient (Wildman–Crippen LogP) is 2.92. The van der Waals surface area contributed by atoms with Crippen LogP contribution in [0, 0.1) is 0 Å². The van der Waals surface area contributed by atoms with E-state index in [4.69, 9.17) is 11.6 Å². The fraction of sp³-hybridized carbons (Fsp3) is 0.133. The molecule has 0 saturated heterocycles. The lowest BCUT2D eigenvalue weighted by molar-refractivity contribution is -0.115. The zero-order chi connectivity index (χ0) is 15.5. The highest BCUT2D eigenvalue weighted by Gasteiger charge is 2.12. The summed E-state index contributed by atoms with van der Waals surface area (Å²) in [5, 5.41) is 2.93. The van der Waals surface area contributed by atoms with Crippen molar-refractivity contribution in [1.29, 1.82) is 0 Å². The molecule has 21 heavy (non-hydrogen) atoms. The smallest absolute Gasteiger partial charge is 0.228 e. The molecule has 0 spiro atoms. The minimum atomic E-state index is -3.35. The van der Waals surface area contributed by atoms with Crippen LogP contribution in [-0.4, -0.2) is 20.6 Å². The van der Waals surface area contributed by atoms with Crippen molar-refractivity contribution in [2.75, 3.05) is 11.6 Å². The topological polar surface area (TPSA) is 63.2 Å². The van der Waals surface area contributed by atoms with Crippen molar-refractivity contribution in [3.63, 3.8) is 0 Å². The second-order valence-corrected chi connectivity index (χ2v) is 7.05. The summed E-state index contributed by atoms with van der Waals surface area (Å²) in [7, 11) is -3.35. The standard InChI is InChI=1S/C15H14ClNO3S/c1-21(19,20)12-7-8-13(16)14(10-12)17-15(18)9-11-5-3-2-4-6-11/h2-8,10H,9H2,1H3,(H,17,18). The van der Waals surface area contributed by atoms with E-state index >= 15 is 0 Å². The summed E-state index contributed by atoms with van der Waals surface area (Å²) in [5.41, 5.74) is 1.16. The first kappa shape index (κ1) is 15.5. The minimum absolute atomic E-state index is 0.113. The predicted molar refractivity (Wildman–Crippen MR) is 83.3 cm³/mol. The average molecular weight is 324 g/mol. The van der Waals surface area contributed by atoms with E-state index in [1.807, 2.05) is 30.3 Å². The van der Waals surface area contributed by atoms with E-state index in [1.165, 1.54) is 18.2 Å². The van der Waals surface area contributed by atoms with Crippen molar-refractivity contribution in [1.82, 2.24) is 0 Å². The molecule has 0 atom stereocenters. The molecular weight excluding hydrogens is 310 g/mol. The SMILES string of the molecule is CS(=O)(=O)c1ccc(Cl)c(NC(=O)Cc2ccccc2)c1. The first-order valence-corrected chi connectivity index (χ1v) is 8.46. The molecule has 1 N–H and O–H groups in total. The fourth-order valence-corrected chi connectivity index (χ4v) is 2.62. The average Bonchev–Trinajstić information content (AvgIpc) is 2.41. The van der Waals surface area contributed by atoms with Crippen molar-refractivity contribution in [2.45, 2.75) is 11.3 Å². The van der Waals surface area contributed by atoms with Gasteiger partial charge in [-0.3, -0.25) is 4.79 Å². The molecule has 0 unspecified atom stereocenters. The molecule has 2 rings (SSSR count). The Kier molecular flexibility index (Phi) is 4.65. The molecule has 0 radical (unpaired) electrons. The molecule has 0 saturated carbocycles. The van der Waals surface area contributed by atoms with Crippen LogP contribution in [-0.2, 0) is 21.1 Å². The largest absolute Gasteiger partial charge is 0.324 e. The first-order valence-electron chi connectivity index (χ1n) is 6.19. The third kappa shape index (κ3) is 4.31. The van der Waals surface area contributed by atoms with Crippen LogP contribution >= 0.6 is 11.6 Å². The van der Waals surface area contributed by atoms with Crippen molar-refractivity contribution < 1.29 is 13.2 Å². The molecule has 2 aromatic rings. The Morgan fingerprint density at radius 2 is 1.81 bits per heavy atom. The van der Waals surface area contributed by atoms with Crippen LogP contribution in [0.2, 0.25) is 5.02 Å². The number of benzene rings is 2. The van der Waals surface area contributed by atoms with E-state index < -0.39 is 9.84 Å². The second-order valence-electron chi connectivity index (χ2n) is 4.62. The summed E-state index contributed by atoms with van der Waals surface area (Å²) < 4.78 is 23.0. The van der Waals surface area contributed by atoms with Gasteiger partial charge in [0.1, 0.15) is 0 Å². The van der Waals surface area contributed by atoms with Crippen molar-refractivity contribution >= 4 is 33.0 Å². The maximum absolute atomic E-state index is 12.0. The van der Waals surface area contributed by atoms with E-state index in [0.717, 1.165) is 11.8 Å². The highest BCUT2D eigenvalue weighted by Crippen LogP contribution is 2.25. The molecule has 0 aliphatic heterocycles. The van der Waals surface area contributed by atoms with Crippen LogP contribution in [0.3, 0.4) is 0 Å². The highest BCUT2D eigenvalue weighted by molar-refractivity contribution is 7.90. The second kappa shape index (κ2) is 6.28. The van der Waals surface area contributed by atoms with Crippen LogP contribution in [0.5, 0.6) is 0 Å². The zero-order valence-corrected chi connectivity index (χ0v) is 12.9. The van der Waals surface area contributed by atoms with Gasteiger partial charge in [-0.1, -0.05) is 41.9 Å². The van der Waals surface area contributed by atoms with Crippen LogP contribution in [0.15, 0.2) is 53.4 Å². The highest BCUT2D eigenvalue weighted by atomic mass is 35.5. The van der Waals surface area contributed by atoms with Crippen LogP contribution in [0.4, 0.5) is 5.69 Å². The summed E-state index contributed by atoms with van der Waals surface area (Å²) in [6.07, 6.45) is 1.30. The number of rotatable bonds is 4. The number of carbonyl (C=O) groups excluding carboxylic acids is 1. The normalized spacial score (nSPS) is 11.1. The molecule has 0 aromatic heterocycles. The Bertz CT molecular complexity index is 758. The van der Waals surface area contributed by atoms with Crippen molar-refractivity contribution in [2.24, 2.45) is 0 Å². The number of nitrogens with one attached hydrogen (secondary N) is 1. The van der Waals surface area contributed by atoms with E-state index in [-0.39, 0.29) is 17.2 Å². The van der Waals surface area contributed by atoms with Crippen molar-refractivity contribution in [3.8, 4) is 0 Å². The number of hydrogen-bond donors (Lipinski definition) is 1. The molecule has 0 heterocycles. The van der Waals surface area contributed by atoms with E-state index in [2.05, 4.69) is 5.32 Å². The number of sulfone groups is 1. The fourth-order valence-electron chi connectivity index (χ4n) is 1.81. The minimum Gasteiger partial charge on any atom is -0.324 e. The number of hydrogen-bond acceptors (Lipinski definition) is 3. The Morgan fingerprint density at radius 1 is 1.14 bits per heavy atom. The van der Waals surface area contributed by atoms with Gasteiger partial charge in [-0.15, -0.1) is 0 Å². The Balaban J connectivity index is 2.17. The molecule has 4 nitrogen and oxygen atoms in total. The van der Waals surface area contributed by atoms with Gasteiger partial charge in [-0.2, -0.15) is 0 Å². The van der Waals surface area contributed by atoms with Gasteiger partial charge < -0.3 is 5.32 Å². The maximum Gasteiger partial charge on any atom is 0.228 e. The Labute approximate surface area is 128 Å². The van der Waals surface area contributed by atoms with Gasteiger partial charge in [0.15, 0.2) is 9.84 Å². The summed E-state index contributed by atoms with van der Waals surface area (Å²) in [6, 6.07) is 13.5. The number of anilines is 1. The van der Waals surface area contributed by atoms with Crippen LogP contribution in [0.25, 0.3) is 0 Å². The molecule has 0 aliphatic rings. The number of amides is 1. The third-order valence-electron chi connectivity index (χ3n) is 2.85. The van der Waals surface area contributed by atoms with Gasteiger partial charge in [0.05, 0.1) is 22.0 Å². The van der Waals surface area contributed by atoms with Crippen LogP contribution < -0.4 is 5.32 Å². The molecule has 2 aromatic carbocycles. The lowest BCUT2D eigenvalue weighted by Gasteiger charge is -2.09. The lowest BCUT2D eigenvalue weighted by Crippen LogP contribution is -2.15. The summed E-state index contributed by atoms with van der Waals surface area (Å²) in [6.45, 7) is 0. The molecule has 110 valence electrons. The molecule has 6 heteroatoms. The van der Waals surface area contributed by atoms with Gasteiger partial charge in [-0.05, 0) is 23.8 Å². The number of halogens is 1. The van der Waals surface area contributed by atoms with Gasteiger partial charge in [-0.25, -0.2) is 8.42 Å². The quantitative estimate of drug-likeness (QED) is 0.941. The zero-order valence-electron chi connectivity index (χ0n) is 11.3. The molecule has 0 bridgehead atoms. The molecular formula is C15H14ClNO3S. The summed E-state index contributed by atoms with van der Waals surface area (Å²) in [4.78, 5) is 12.1. The number of carbonyl (C=O) groups is 1.